The minimum atomic E-state index is -0.243. The van der Waals surface area contributed by atoms with Crippen LogP contribution in [-0.4, -0.2) is 13.7 Å². The summed E-state index contributed by atoms with van der Waals surface area (Å²) < 4.78 is 5.09. The first-order valence-electron chi connectivity index (χ1n) is 10.3. The molecule has 1 aliphatic carbocycles. The maximum absolute atomic E-state index is 12.7. The largest absolute Gasteiger partial charge is 0.351 e. The van der Waals surface area contributed by atoms with Gasteiger partial charge in [-0.05, 0) is 41.7 Å². The number of hydrogen-bond donors (Lipinski definition) is 0. The molecule has 2 aromatic carbocycles. The van der Waals surface area contributed by atoms with Crippen molar-refractivity contribution in [3.63, 3.8) is 0 Å². The molecule has 0 aliphatic heterocycles. The van der Waals surface area contributed by atoms with E-state index in [0.29, 0.717) is 11.3 Å². The molecule has 1 aliphatic rings. The van der Waals surface area contributed by atoms with Crippen LogP contribution < -0.4 is 11.2 Å². The molecule has 2 atom stereocenters. The summed E-state index contributed by atoms with van der Waals surface area (Å²) in [5.41, 5.74) is 3.05. The van der Waals surface area contributed by atoms with Crippen molar-refractivity contribution in [1.29, 1.82) is 0 Å². The van der Waals surface area contributed by atoms with Crippen molar-refractivity contribution in [2.75, 3.05) is 0 Å². The topological polar surface area (TPSA) is 48.9 Å². The van der Waals surface area contributed by atoms with Crippen molar-refractivity contribution in [3.8, 4) is 0 Å². The Balaban J connectivity index is 1.61. The highest BCUT2D eigenvalue weighted by Crippen LogP contribution is 2.39. The number of rotatable bonds is 4. The van der Waals surface area contributed by atoms with Gasteiger partial charge in [-0.2, -0.15) is 0 Å². The number of aromatic nitrogens is 3. The first kappa shape index (κ1) is 18.0. The fourth-order valence-electron chi connectivity index (χ4n) is 4.85. The Bertz CT molecular complexity index is 1370. The zero-order valence-corrected chi connectivity index (χ0v) is 17.1. The molecule has 2 heterocycles. The molecule has 0 bridgehead atoms. The van der Waals surface area contributed by atoms with Crippen LogP contribution in [0.2, 0.25) is 0 Å². The molecule has 2 aromatic heterocycles. The lowest BCUT2D eigenvalue weighted by Crippen LogP contribution is -2.38. The normalized spacial score (nSPS) is 16.7. The van der Waals surface area contributed by atoms with Gasteiger partial charge in [0.25, 0.3) is 5.56 Å². The Labute approximate surface area is 168 Å². The van der Waals surface area contributed by atoms with Crippen LogP contribution >= 0.6 is 0 Å². The highest BCUT2D eigenvalue weighted by atomic mass is 16.2. The summed E-state index contributed by atoms with van der Waals surface area (Å²) in [6.45, 7) is 4.87. The molecule has 148 valence electrons. The molecule has 0 saturated carbocycles. The summed E-state index contributed by atoms with van der Waals surface area (Å²) in [6, 6.07) is 13.1. The van der Waals surface area contributed by atoms with Crippen LogP contribution in [0, 0.1) is 0 Å². The molecule has 0 spiro atoms. The molecule has 29 heavy (non-hydrogen) atoms. The maximum Gasteiger partial charge on any atom is 0.331 e. The molecule has 0 amide bonds. The summed E-state index contributed by atoms with van der Waals surface area (Å²) in [5, 5.41) is 3.28. The van der Waals surface area contributed by atoms with Crippen LogP contribution in [0.4, 0.5) is 0 Å². The summed E-state index contributed by atoms with van der Waals surface area (Å²) in [7, 11) is 1.56. The first-order valence-corrected chi connectivity index (χ1v) is 10.3. The minimum absolute atomic E-state index is 0.0390. The Morgan fingerprint density at radius 3 is 2.62 bits per heavy atom. The predicted molar refractivity (Wildman–Crippen MR) is 117 cm³/mol. The van der Waals surface area contributed by atoms with Crippen molar-refractivity contribution >= 4 is 21.7 Å². The highest BCUT2D eigenvalue weighted by Gasteiger charge is 2.25. The van der Waals surface area contributed by atoms with Gasteiger partial charge in [-0.15, -0.1) is 0 Å². The van der Waals surface area contributed by atoms with E-state index in [-0.39, 0.29) is 17.3 Å². The minimum Gasteiger partial charge on any atom is -0.351 e. The molecule has 5 nitrogen and oxygen atoms in total. The fraction of sp³-hybridized carbons (Fsp3) is 0.333. The van der Waals surface area contributed by atoms with Gasteiger partial charge in [-0.1, -0.05) is 43.3 Å². The number of fused-ring (bicyclic) bond motifs is 1. The molecule has 5 heteroatoms. The number of hydrogen-bond acceptors (Lipinski definition) is 2. The first-order chi connectivity index (χ1) is 14.0. The van der Waals surface area contributed by atoms with Gasteiger partial charge in [0, 0.05) is 37.9 Å². The van der Waals surface area contributed by atoms with E-state index in [1.165, 1.54) is 26.5 Å². The van der Waals surface area contributed by atoms with Crippen molar-refractivity contribution in [2.45, 2.75) is 45.2 Å². The van der Waals surface area contributed by atoms with Crippen molar-refractivity contribution in [1.82, 2.24) is 13.7 Å². The van der Waals surface area contributed by atoms with Crippen LogP contribution in [-0.2, 0) is 20.0 Å². The number of benzene rings is 2. The van der Waals surface area contributed by atoms with E-state index in [2.05, 4.69) is 47.9 Å². The van der Waals surface area contributed by atoms with Crippen LogP contribution in [0.3, 0.4) is 0 Å². The molecule has 0 saturated heterocycles. The zero-order chi connectivity index (χ0) is 20.3. The van der Waals surface area contributed by atoms with Gasteiger partial charge in [-0.25, -0.2) is 4.79 Å². The van der Waals surface area contributed by atoms with Crippen molar-refractivity contribution in [2.24, 2.45) is 7.05 Å². The maximum atomic E-state index is 12.7. The van der Waals surface area contributed by atoms with E-state index in [1.807, 2.05) is 19.3 Å². The second-order valence-corrected chi connectivity index (χ2v) is 8.29. The summed E-state index contributed by atoms with van der Waals surface area (Å²) in [4.78, 5) is 25.5. The third-order valence-electron chi connectivity index (χ3n) is 6.54. The smallest absolute Gasteiger partial charge is 0.331 e. The lowest BCUT2D eigenvalue weighted by Gasteiger charge is -2.15. The lowest BCUT2D eigenvalue weighted by molar-refractivity contribution is 0.502. The molecule has 5 rings (SSSR count). The molecular weight excluding hydrogens is 362 g/mol. The molecule has 2 unspecified atom stereocenters. The summed E-state index contributed by atoms with van der Waals surface area (Å²) >= 11 is 0. The van der Waals surface area contributed by atoms with E-state index >= 15 is 0 Å². The average Bonchev–Trinajstić information content (AvgIpc) is 3.30. The standard InChI is InChI=1S/C24H25N3O2/c1-4-15(2)27-21-14-26(13-20(21)23(28)25(3)24(27)29)12-18-11-17-9-5-7-16-8-6-10-19(18)22(16)17/h5-10,13-15,18H,4,11-12H2,1-3H3. The Kier molecular flexibility index (Phi) is 4.02. The van der Waals surface area contributed by atoms with Gasteiger partial charge in [0.15, 0.2) is 0 Å². The van der Waals surface area contributed by atoms with Crippen molar-refractivity contribution < 1.29 is 0 Å². The van der Waals surface area contributed by atoms with Gasteiger partial charge in [0.05, 0.1) is 10.9 Å². The molecule has 0 radical (unpaired) electrons. The van der Waals surface area contributed by atoms with Gasteiger partial charge in [0.2, 0.25) is 0 Å². The Morgan fingerprint density at radius 1 is 1.10 bits per heavy atom. The Hall–Kier alpha value is -3.08. The van der Waals surface area contributed by atoms with Gasteiger partial charge in [-0.3, -0.25) is 13.9 Å². The molecule has 4 aromatic rings. The van der Waals surface area contributed by atoms with Gasteiger partial charge >= 0.3 is 5.69 Å². The van der Waals surface area contributed by atoms with Crippen LogP contribution in [0.15, 0.2) is 58.4 Å². The van der Waals surface area contributed by atoms with E-state index in [9.17, 15) is 9.59 Å². The second-order valence-electron chi connectivity index (χ2n) is 8.29. The third-order valence-corrected chi connectivity index (χ3v) is 6.54. The number of nitrogens with zero attached hydrogens (tertiary/aromatic N) is 3. The van der Waals surface area contributed by atoms with Gasteiger partial charge < -0.3 is 4.57 Å². The predicted octanol–water partition coefficient (Wildman–Crippen LogP) is 3.97. The summed E-state index contributed by atoms with van der Waals surface area (Å²) in [5.74, 6) is 0.366. The molecule has 0 N–H and O–H groups in total. The monoisotopic (exact) mass is 387 g/mol. The quantitative estimate of drug-likeness (QED) is 0.532. The van der Waals surface area contributed by atoms with E-state index in [4.69, 9.17) is 0 Å². The van der Waals surface area contributed by atoms with E-state index in [0.717, 1.165) is 24.9 Å². The van der Waals surface area contributed by atoms with Crippen LogP contribution in [0.1, 0.15) is 43.4 Å². The highest BCUT2D eigenvalue weighted by molar-refractivity contribution is 5.91. The van der Waals surface area contributed by atoms with Crippen molar-refractivity contribution in [3.05, 3.63) is 80.8 Å². The summed E-state index contributed by atoms with van der Waals surface area (Å²) in [6.07, 6.45) is 5.73. The fourth-order valence-corrected chi connectivity index (χ4v) is 4.85. The SMILES string of the molecule is CCC(C)n1c(=O)n(C)c(=O)c2cn(CC3Cc4cccc5cccc3c45)cc21. The van der Waals surface area contributed by atoms with E-state index < -0.39 is 0 Å². The van der Waals surface area contributed by atoms with Gasteiger partial charge in [0.1, 0.15) is 0 Å². The van der Waals surface area contributed by atoms with Crippen LogP contribution in [0.5, 0.6) is 0 Å². The molecule has 0 fully saturated rings. The lowest BCUT2D eigenvalue weighted by atomic mass is 10.00. The zero-order valence-electron chi connectivity index (χ0n) is 17.1. The Morgan fingerprint density at radius 2 is 1.86 bits per heavy atom. The second kappa shape index (κ2) is 6.48. The van der Waals surface area contributed by atoms with Crippen LogP contribution in [0.25, 0.3) is 21.7 Å². The van der Waals surface area contributed by atoms with E-state index in [1.54, 1.807) is 11.6 Å². The third kappa shape index (κ3) is 2.60. The molecular formula is C24H25N3O2. The average molecular weight is 387 g/mol.